The zero-order valence-electron chi connectivity index (χ0n) is 15.3. The molecule has 0 bridgehead atoms. The Labute approximate surface area is 153 Å². The van der Waals surface area contributed by atoms with Crippen LogP contribution in [-0.2, 0) is 16.6 Å². The smallest absolute Gasteiger partial charge is 0.230 e. The summed E-state index contributed by atoms with van der Waals surface area (Å²) in [6, 6.07) is 16.2. The van der Waals surface area contributed by atoms with Crippen molar-refractivity contribution in [2.24, 2.45) is 0 Å². The van der Waals surface area contributed by atoms with Crippen molar-refractivity contribution in [3.8, 4) is 5.75 Å². The highest BCUT2D eigenvalue weighted by atomic mass is 16.5. The number of H-pyrrole nitrogens is 1. The predicted octanol–water partition coefficient (Wildman–Crippen LogP) is 3.88. The molecule has 4 heteroatoms. The average Bonchev–Trinajstić information content (AvgIpc) is 3.38. The maximum absolute atomic E-state index is 13.0. The number of benzene rings is 2. The van der Waals surface area contributed by atoms with Gasteiger partial charge in [0.05, 0.1) is 12.5 Å². The van der Waals surface area contributed by atoms with Gasteiger partial charge in [0.15, 0.2) is 0 Å². The topological polar surface area (TPSA) is 54.1 Å². The first-order valence-corrected chi connectivity index (χ1v) is 9.13. The van der Waals surface area contributed by atoms with Gasteiger partial charge in [0.2, 0.25) is 5.91 Å². The van der Waals surface area contributed by atoms with Crippen molar-refractivity contribution in [3.05, 3.63) is 65.4 Å². The quantitative estimate of drug-likeness (QED) is 0.710. The van der Waals surface area contributed by atoms with Crippen LogP contribution in [0.25, 0.3) is 10.9 Å². The Hall–Kier alpha value is -2.75. The van der Waals surface area contributed by atoms with Crippen molar-refractivity contribution in [2.75, 3.05) is 13.7 Å². The van der Waals surface area contributed by atoms with Gasteiger partial charge in [0, 0.05) is 23.1 Å². The summed E-state index contributed by atoms with van der Waals surface area (Å²) in [4.78, 5) is 16.4. The Kier molecular flexibility index (Phi) is 4.19. The number of aromatic amines is 1. The van der Waals surface area contributed by atoms with Crippen molar-refractivity contribution < 1.29 is 9.53 Å². The molecule has 1 aliphatic carbocycles. The molecule has 0 radical (unpaired) electrons. The number of aromatic nitrogens is 1. The molecule has 0 saturated heterocycles. The standard InChI is InChI=1S/C22H24N2O2/c1-15-20(18-5-3-4-6-19(18)24-15)22(12-13-22)21(25)23-14-11-16-7-9-17(26-2)10-8-16/h3-10,24H,11-14H2,1-2H3,(H,23,25). The van der Waals surface area contributed by atoms with Gasteiger partial charge in [-0.05, 0) is 55.5 Å². The Morgan fingerprint density at radius 1 is 1.15 bits per heavy atom. The average molecular weight is 348 g/mol. The number of rotatable bonds is 6. The molecule has 3 aromatic rings. The first-order valence-electron chi connectivity index (χ1n) is 9.13. The van der Waals surface area contributed by atoms with Crippen LogP contribution in [0.5, 0.6) is 5.75 Å². The van der Waals surface area contributed by atoms with Crippen molar-refractivity contribution in [2.45, 2.75) is 31.6 Å². The molecule has 1 fully saturated rings. The summed E-state index contributed by atoms with van der Waals surface area (Å²) in [5.41, 5.74) is 4.23. The van der Waals surface area contributed by atoms with Gasteiger partial charge < -0.3 is 15.0 Å². The number of nitrogens with one attached hydrogen (secondary N) is 2. The summed E-state index contributed by atoms with van der Waals surface area (Å²) in [7, 11) is 1.66. The lowest BCUT2D eigenvalue weighted by Crippen LogP contribution is -2.36. The number of amides is 1. The van der Waals surface area contributed by atoms with Crippen LogP contribution in [0.15, 0.2) is 48.5 Å². The second kappa shape index (κ2) is 6.52. The van der Waals surface area contributed by atoms with Gasteiger partial charge in [-0.1, -0.05) is 30.3 Å². The van der Waals surface area contributed by atoms with Crippen LogP contribution < -0.4 is 10.1 Å². The van der Waals surface area contributed by atoms with E-state index < -0.39 is 0 Å². The molecule has 1 amide bonds. The first kappa shape index (κ1) is 16.7. The van der Waals surface area contributed by atoms with Crippen LogP contribution in [0.4, 0.5) is 0 Å². The normalized spacial score (nSPS) is 15.0. The molecule has 2 aromatic carbocycles. The van der Waals surface area contributed by atoms with Gasteiger partial charge in [-0.2, -0.15) is 0 Å². The molecular formula is C22H24N2O2. The summed E-state index contributed by atoms with van der Waals surface area (Å²) >= 11 is 0. The molecule has 0 spiro atoms. The van der Waals surface area contributed by atoms with Crippen LogP contribution in [0.2, 0.25) is 0 Å². The highest BCUT2D eigenvalue weighted by Gasteiger charge is 2.53. The minimum absolute atomic E-state index is 0.152. The van der Waals surface area contributed by atoms with Gasteiger partial charge in [-0.15, -0.1) is 0 Å². The van der Waals surface area contributed by atoms with Gasteiger partial charge >= 0.3 is 0 Å². The van der Waals surface area contributed by atoms with E-state index in [1.54, 1.807) is 7.11 Å². The summed E-state index contributed by atoms with van der Waals surface area (Å²) < 4.78 is 5.18. The third-order valence-corrected chi connectivity index (χ3v) is 5.42. The second-order valence-corrected chi connectivity index (χ2v) is 7.11. The highest BCUT2D eigenvalue weighted by Crippen LogP contribution is 2.51. The van der Waals surface area contributed by atoms with E-state index in [0.717, 1.165) is 36.2 Å². The number of carbonyl (C=O) groups excluding carboxylic acids is 1. The number of hydrogen-bond acceptors (Lipinski definition) is 2. The molecule has 0 aliphatic heterocycles. The van der Waals surface area contributed by atoms with E-state index in [0.29, 0.717) is 6.54 Å². The van der Waals surface area contributed by atoms with Crippen LogP contribution in [0, 0.1) is 6.92 Å². The monoisotopic (exact) mass is 348 g/mol. The summed E-state index contributed by atoms with van der Waals surface area (Å²) in [5.74, 6) is 1.00. The van der Waals surface area contributed by atoms with E-state index in [4.69, 9.17) is 4.74 Å². The zero-order valence-corrected chi connectivity index (χ0v) is 15.3. The number of para-hydroxylation sites is 1. The fraction of sp³-hybridized carbons (Fsp3) is 0.318. The van der Waals surface area contributed by atoms with Gasteiger partial charge in [-0.3, -0.25) is 4.79 Å². The number of fused-ring (bicyclic) bond motifs is 1. The SMILES string of the molecule is COc1ccc(CCNC(=O)C2(c3c(C)[nH]c4ccccc34)CC2)cc1. The minimum atomic E-state index is -0.358. The molecule has 1 saturated carbocycles. The van der Waals surface area contributed by atoms with Gasteiger partial charge in [0.1, 0.15) is 5.75 Å². The lowest BCUT2D eigenvalue weighted by atomic mass is 9.92. The van der Waals surface area contributed by atoms with E-state index >= 15 is 0 Å². The van der Waals surface area contributed by atoms with E-state index in [2.05, 4.69) is 29.4 Å². The first-order chi connectivity index (χ1) is 12.6. The van der Waals surface area contributed by atoms with Crippen LogP contribution in [0.3, 0.4) is 0 Å². The molecule has 134 valence electrons. The predicted molar refractivity (Wildman–Crippen MR) is 104 cm³/mol. The number of hydrogen-bond donors (Lipinski definition) is 2. The Morgan fingerprint density at radius 3 is 2.58 bits per heavy atom. The van der Waals surface area contributed by atoms with Gasteiger partial charge in [0.25, 0.3) is 0 Å². The lowest BCUT2D eigenvalue weighted by molar-refractivity contribution is -0.123. The second-order valence-electron chi connectivity index (χ2n) is 7.11. The molecule has 1 heterocycles. The van der Waals surface area contributed by atoms with Crippen LogP contribution >= 0.6 is 0 Å². The maximum atomic E-state index is 13.0. The molecule has 26 heavy (non-hydrogen) atoms. The van der Waals surface area contributed by atoms with Crippen molar-refractivity contribution in [3.63, 3.8) is 0 Å². The number of aryl methyl sites for hydroxylation is 1. The Morgan fingerprint density at radius 2 is 1.88 bits per heavy atom. The third kappa shape index (κ3) is 2.85. The van der Waals surface area contributed by atoms with Crippen LogP contribution in [0.1, 0.15) is 29.7 Å². The van der Waals surface area contributed by atoms with E-state index in [1.165, 1.54) is 16.5 Å². The highest BCUT2D eigenvalue weighted by molar-refractivity contribution is 5.98. The Bertz CT molecular complexity index is 936. The summed E-state index contributed by atoms with van der Waals surface area (Å²) in [6.45, 7) is 2.72. The molecule has 0 unspecified atom stereocenters. The number of ether oxygens (including phenoxy) is 1. The Balaban J connectivity index is 1.46. The molecule has 4 nitrogen and oxygen atoms in total. The fourth-order valence-electron chi connectivity index (χ4n) is 3.89. The van der Waals surface area contributed by atoms with Crippen molar-refractivity contribution in [1.82, 2.24) is 10.3 Å². The van der Waals surface area contributed by atoms with Crippen molar-refractivity contribution >= 4 is 16.8 Å². The van der Waals surface area contributed by atoms with Gasteiger partial charge in [-0.25, -0.2) is 0 Å². The summed E-state index contributed by atoms with van der Waals surface area (Å²) in [5, 5.41) is 4.33. The minimum Gasteiger partial charge on any atom is -0.497 e. The maximum Gasteiger partial charge on any atom is 0.230 e. The molecule has 1 aliphatic rings. The fourth-order valence-corrected chi connectivity index (χ4v) is 3.89. The zero-order chi connectivity index (χ0) is 18.1. The molecular weight excluding hydrogens is 324 g/mol. The molecule has 2 N–H and O–H groups in total. The lowest BCUT2D eigenvalue weighted by Gasteiger charge is -2.16. The van der Waals surface area contributed by atoms with Crippen molar-refractivity contribution in [1.29, 1.82) is 0 Å². The van der Waals surface area contributed by atoms with E-state index in [1.807, 2.05) is 36.4 Å². The third-order valence-electron chi connectivity index (χ3n) is 5.42. The number of methoxy groups -OCH3 is 1. The largest absolute Gasteiger partial charge is 0.497 e. The van der Waals surface area contributed by atoms with E-state index in [9.17, 15) is 4.79 Å². The summed E-state index contributed by atoms with van der Waals surface area (Å²) in [6.07, 6.45) is 2.66. The van der Waals surface area contributed by atoms with Crippen LogP contribution in [-0.4, -0.2) is 24.5 Å². The number of carbonyl (C=O) groups is 1. The molecule has 0 atom stereocenters. The molecule has 1 aromatic heterocycles. The molecule has 4 rings (SSSR count). The van der Waals surface area contributed by atoms with E-state index in [-0.39, 0.29) is 11.3 Å².